The minimum absolute atomic E-state index is 0.112. The molecule has 112 valence electrons. The van der Waals surface area contributed by atoms with Crippen molar-refractivity contribution in [1.29, 1.82) is 0 Å². The zero-order valence-electron chi connectivity index (χ0n) is 10.6. The molecular formula is C13H11F3N2OS2. The van der Waals surface area contributed by atoms with Gasteiger partial charge in [-0.3, -0.25) is 4.79 Å². The number of carbonyl (C=O) groups excluding carboxylic acids is 1. The lowest BCUT2D eigenvalue weighted by atomic mass is 10.1. The number of nitrogen functional groups attached to an aromatic ring is 1. The number of thiophene rings is 1. The van der Waals surface area contributed by atoms with E-state index in [1.807, 2.05) is 17.5 Å². The van der Waals surface area contributed by atoms with Crippen LogP contribution < -0.4 is 11.1 Å². The molecule has 0 aliphatic carbocycles. The molecule has 0 saturated carbocycles. The number of thioether (sulfide) groups is 1. The lowest BCUT2D eigenvalue weighted by molar-refractivity contribution is -0.137. The van der Waals surface area contributed by atoms with E-state index in [0.717, 1.165) is 22.4 Å². The van der Waals surface area contributed by atoms with Gasteiger partial charge in [0.1, 0.15) is 0 Å². The molecule has 3 nitrogen and oxygen atoms in total. The number of anilines is 2. The summed E-state index contributed by atoms with van der Waals surface area (Å²) in [4.78, 5) is 11.7. The van der Waals surface area contributed by atoms with Crippen molar-refractivity contribution >= 4 is 40.4 Å². The molecule has 2 rings (SSSR count). The third-order valence-electron chi connectivity index (χ3n) is 2.49. The van der Waals surface area contributed by atoms with Gasteiger partial charge in [0.15, 0.2) is 0 Å². The monoisotopic (exact) mass is 332 g/mol. The Morgan fingerprint density at radius 2 is 2.10 bits per heavy atom. The molecule has 3 N–H and O–H groups in total. The maximum absolute atomic E-state index is 12.5. The minimum Gasteiger partial charge on any atom is -0.397 e. The number of carbonyl (C=O) groups is 1. The Balaban J connectivity index is 1.97. The van der Waals surface area contributed by atoms with Crippen LogP contribution in [0.4, 0.5) is 24.5 Å². The van der Waals surface area contributed by atoms with Crippen LogP contribution in [0.5, 0.6) is 0 Å². The lowest BCUT2D eigenvalue weighted by Crippen LogP contribution is -2.15. The number of amides is 1. The quantitative estimate of drug-likeness (QED) is 0.655. The van der Waals surface area contributed by atoms with Crippen molar-refractivity contribution in [3.05, 3.63) is 41.3 Å². The summed E-state index contributed by atoms with van der Waals surface area (Å²) in [6, 6.07) is 6.61. The molecule has 0 aliphatic heterocycles. The highest BCUT2D eigenvalue weighted by Gasteiger charge is 2.30. The smallest absolute Gasteiger partial charge is 0.397 e. The van der Waals surface area contributed by atoms with Gasteiger partial charge in [-0.2, -0.15) is 13.2 Å². The van der Waals surface area contributed by atoms with E-state index in [9.17, 15) is 18.0 Å². The number of nitrogens with two attached hydrogens (primary N) is 1. The molecule has 1 aromatic heterocycles. The van der Waals surface area contributed by atoms with Gasteiger partial charge in [-0.05, 0) is 29.6 Å². The van der Waals surface area contributed by atoms with Gasteiger partial charge in [0, 0.05) is 0 Å². The number of halogens is 3. The van der Waals surface area contributed by atoms with Crippen molar-refractivity contribution in [2.45, 2.75) is 10.4 Å². The van der Waals surface area contributed by atoms with E-state index in [0.29, 0.717) is 0 Å². The Kier molecular flexibility index (Phi) is 4.79. The summed E-state index contributed by atoms with van der Waals surface area (Å²) in [5.74, 6) is -0.152. The lowest BCUT2D eigenvalue weighted by Gasteiger charge is -2.11. The van der Waals surface area contributed by atoms with Crippen LogP contribution in [0.1, 0.15) is 5.56 Å². The molecule has 0 saturated heterocycles. The van der Waals surface area contributed by atoms with Crippen molar-refractivity contribution in [1.82, 2.24) is 0 Å². The molecule has 1 aromatic carbocycles. The Hall–Kier alpha value is -1.67. The summed E-state index contributed by atoms with van der Waals surface area (Å²) in [5, 5.41) is 4.40. The van der Waals surface area contributed by atoms with Crippen LogP contribution in [0.25, 0.3) is 0 Å². The van der Waals surface area contributed by atoms with Crippen molar-refractivity contribution in [2.75, 3.05) is 16.8 Å². The topological polar surface area (TPSA) is 55.1 Å². The van der Waals surface area contributed by atoms with E-state index in [2.05, 4.69) is 5.32 Å². The molecule has 21 heavy (non-hydrogen) atoms. The summed E-state index contributed by atoms with van der Waals surface area (Å²) < 4.78 is 38.5. The Morgan fingerprint density at radius 3 is 2.67 bits per heavy atom. The van der Waals surface area contributed by atoms with Crippen LogP contribution in [0, 0.1) is 0 Å². The van der Waals surface area contributed by atoms with Crippen molar-refractivity contribution < 1.29 is 18.0 Å². The highest BCUT2D eigenvalue weighted by molar-refractivity contribution is 8.01. The third-order valence-corrected chi connectivity index (χ3v) is 4.62. The first-order valence-corrected chi connectivity index (χ1v) is 7.65. The summed E-state index contributed by atoms with van der Waals surface area (Å²) >= 11 is 2.87. The molecule has 1 heterocycles. The third kappa shape index (κ3) is 4.40. The average Bonchev–Trinajstić information content (AvgIpc) is 2.91. The zero-order valence-corrected chi connectivity index (χ0v) is 12.2. The van der Waals surface area contributed by atoms with Gasteiger partial charge in [-0.1, -0.05) is 6.07 Å². The van der Waals surface area contributed by atoms with E-state index >= 15 is 0 Å². The first-order valence-electron chi connectivity index (χ1n) is 5.79. The highest BCUT2D eigenvalue weighted by atomic mass is 32.2. The van der Waals surface area contributed by atoms with Crippen molar-refractivity contribution in [3.8, 4) is 0 Å². The second-order valence-electron chi connectivity index (χ2n) is 4.07. The standard InChI is InChI=1S/C13H11F3N2OS2/c14-13(15,16)8-3-4-10(9(17)6-8)18-11(19)7-21-12-2-1-5-20-12/h1-6H,7,17H2,(H,18,19). The van der Waals surface area contributed by atoms with E-state index in [-0.39, 0.29) is 23.0 Å². The van der Waals surface area contributed by atoms with Gasteiger partial charge >= 0.3 is 6.18 Å². The zero-order chi connectivity index (χ0) is 15.5. The first-order chi connectivity index (χ1) is 9.86. The fourth-order valence-corrected chi connectivity index (χ4v) is 3.11. The van der Waals surface area contributed by atoms with Gasteiger partial charge in [0.05, 0.1) is 26.9 Å². The molecule has 0 atom stereocenters. The molecule has 0 unspecified atom stereocenters. The predicted molar refractivity (Wildman–Crippen MR) is 79.5 cm³/mol. The maximum atomic E-state index is 12.5. The molecule has 0 radical (unpaired) electrons. The highest BCUT2D eigenvalue weighted by Crippen LogP contribution is 2.33. The summed E-state index contributed by atoms with van der Waals surface area (Å²) in [6.45, 7) is 0. The number of alkyl halides is 3. The summed E-state index contributed by atoms with van der Waals surface area (Å²) in [5.41, 5.74) is 4.76. The number of hydrogen-bond donors (Lipinski definition) is 2. The van der Waals surface area contributed by atoms with Gasteiger partial charge < -0.3 is 11.1 Å². The van der Waals surface area contributed by atoms with Crippen molar-refractivity contribution in [2.24, 2.45) is 0 Å². The summed E-state index contributed by atoms with van der Waals surface area (Å²) in [6.07, 6.45) is -4.45. The number of nitrogens with one attached hydrogen (secondary N) is 1. The van der Waals surface area contributed by atoms with Crippen LogP contribution >= 0.6 is 23.1 Å². The van der Waals surface area contributed by atoms with Crippen LogP contribution in [-0.2, 0) is 11.0 Å². The van der Waals surface area contributed by atoms with Gasteiger partial charge in [-0.25, -0.2) is 0 Å². The van der Waals surface area contributed by atoms with E-state index in [4.69, 9.17) is 5.73 Å². The minimum atomic E-state index is -4.45. The normalized spacial score (nSPS) is 11.4. The predicted octanol–water partition coefficient (Wildman–Crippen LogP) is 4.08. The maximum Gasteiger partial charge on any atom is 0.416 e. The SMILES string of the molecule is Nc1cc(C(F)(F)F)ccc1NC(=O)CSc1cccs1. The van der Waals surface area contributed by atoms with E-state index in [1.165, 1.54) is 23.1 Å². The molecule has 0 spiro atoms. The van der Waals surface area contributed by atoms with E-state index in [1.54, 1.807) is 0 Å². The Morgan fingerprint density at radius 1 is 1.33 bits per heavy atom. The molecule has 2 aromatic rings. The van der Waals surface area contributed by atoms with Gasteiger partial charge in [0.2, 0.25) is 5.91 Å². The average molecular weight is 332 g/mol. The molecule has 8 heteroatoms. The van der Waals surface area contributed by atoms with Crippen molar-refractivity contribution in [3.63, 3.8) is 0 Å². The van der Waals surface area contributed by atoms with Crippen LogP contribution in [-0.4, -0.2) is 11.7 Å². The van der Waals surface area contributed by atoms with Crippen LogP contribution in [0.3, 0.4) is 0 Å². The fraction of sp³-hybridized carbons (Fsp3) is 0.154. The molecule has 0 aliphatic rings. The summed E-state index contributed by atoms with van der Waals surface area (Å²) in [7, 11) is 0. The first kappa shape index (κ1) is 15.7. The van der Waals surface area contributed by atoms with Gasteiger partial charge in [0.25, 0.3) is 0 Å². The Labute approximate surface area is 127 Å². The molecule has 1 amide bonds. The Bertz CT molecular complexity index is 627. The second-order valence-corrected chi connectivity index (χ2v) is 6.29. The molecule has 0 bridgehead atoms. The van der Waals surface area contributed by atoms with Crippen LogP contribution in [0.2, 0.25) is 0 Å². The number of benzene rings is 1. The molecular weight excluding hydrogens is 321 g/mol. The van der Waals surface area contributed by atoms with E-state index < -0.39 is 11.7 Å². The van der Waals surface area contributed by atoms with Gasteiger partial charge in [-0.15, -0.1) is 23.1 Å². The number of hydrogen-bond acceptors (Lipinski definition) is 4. The second kappa shape index (κ2) is 6.40. The largest absolute Gasteiger partial charge is 0.416 e. The molecule has 0 fully saturated rings. The fourth-order valence-electron chi connectivity index (χ4n) is 1.52. The number of rotatable bonds is 4. The van der Waals surface area contributed by atoms with Crippen LogP contribution in [0.15, 0.2) is 39.9 Å².